The van der Waals surface area contributed by atoms with Crippen molar-refractivity contribution in [3.05, 3.63) is 119 Å². The maximum Gasteiger partial charge on any atom is 0.166 e. The van der Waals surface area contributed by atoms with E-state index in [1.165, 1.54) is 163 Å². The first-order chi connectivity index (χ1) is 29.9. The molecule has 66 heavy (non-hydrogen) atoms. The van der Waals surface area contributed by atoms with Gasteiger partial charge in [0.1, 0.15) is 0 Å². The minimum Gasteiger partial charge on any atom is -0.313 e. The van der Waals surface area contributed by atoms with Gasteiger partial charge in [0.15, 0.2) is 10.7 Å². The van der Waals surface area contributed by atoms with E-state index in [4.69, 9.17) is 0 Å². The SMILES string of the molecule is C.C.C.C.CCCCCCCCCCCCC.CCCCCCCCCCCCC.CS(C)(C)ON=O.CS(C)(C)ON=O.c1ccc(-c2ccccc2)cc1.c1ccc2ccccc2c1. The van der Waals surface area contributed by atoms with E-state index in [0.29, 0.717) is 0 Å². The molecule has 4 aromatic rings. The van der Waals surface area contributed by atoms with Crippen molar-refractivity contribution < 1.29 is 8.57 Å². The van der Waals surface area contributed by atoms with Crippen LogP contribution >= 0.6 is 20.6 Å². The second-order valence-electron chi connectivity index (χ2n) is 17.2. The molecule has 6 nitrogen and oxygen atoms in total. The van der Waals surface area contributed by atoms with E-state index in [1.807, 2.05) is 49.7 Å². The highest BCUT2D eigenvalue weighted by Crippen LogP contribution is 2.36. The Kier molecular flexibility index (Phi) is 61.0. The van der Waals surface area contributed by atoms with E-state index in [9.17, 15) is 9.81 Å². The monoisotopic (exact) mass is 961 g/mol. The molecule has 0 atom stereocenters. The van der Waals surface area contributed by atoms with Gasteiger partial charge in [0.05, 0.1) is 0 Å². The average Bonchev–Trinajstić information content (AvgIpc) is 3.26. The third-order valence-corrected chi connectivity index (χ3v) is 10.5. The number of hydrogen-bond acceptors (Lipinski definition) is 6. The maximum atomic E-state index is 9.37. The van der Waals surface area contributed by atoms with Gasteiger partial charge >= 0.3 is 0 Å². The highest BCUT2D eigenvalue weighted by Gasteiger charge is 2.02. The minimum atomic E-state index is -1.15. The molecule has 0 aliphatic heterocycles. The molecule has 0 aliphatic rings. The Morgan fingerprint density at radius 3 is 0.652 bits per heavy atom. The predicted molar refractivity (Wildman–Crippen MR) is 312 cm³/mol. The van der Waals surface area contributed by atoms with Gasteiger partial charge in [-0.05, 0) is 59.4 Å². The summed E-state index contributed by atoms with van der Waals surface area (Å²) in [6.07, 6.45) is 42.9. The van der Waals surface area contributed by atoms with E-state index in [-0.39, 0.29) is 29.7 Å². The van der Waals surface area contributed by atoms with Crippen molar-refractivity contribution in [2.45, 2.75) is 199 Å². The van der Waals surface area contributed by atoms with Gasteiger partial charge in [-0.15, -0.1) is 9.81 Å². The summed E-state index contributed by atoms with van der Waals surface area (Å²) in [7, 11) is -2.31. The first kappa shape index (κ1) is 74.2. The van der Waals surface area contributed by atoms with Crippen molar-refractivity contribution in [1.29, 1.82) is 0 Å². The van der Waals surface area contributed by atoms with Gasteiger partial charge in [-0.1, -0.05) is 328 Å². The van der Waals surface area contributed by atoms with Crippen LogP contribution in [0.1, 0.15) is 199 Å². The quantitative estimate of drug-likeness (QED) is 0.0377. The predicted octanol–water partition coefficient (Wildman–Crippen LogP) is 22.0. The zero-order valence-electron chi connectivity index (χ0n) is 41.3. The summed E-state index contributed by atoms with van der Waals surface area (Å²) in [5.41, 5.74) is 2.55. The summed E-state index contributed by atoms with van der Waals surface area (Å²) in [6.45, 7) is 9.13. The molecule has 4 aromatic carbocycles. The van der Waals surface area contributed by atoms with Crippen LogP contribution in [-0.4, -0.2) is 37.5 Å². The first-order valence-corrected chi connectivity index (χ1v) is 29.4. The molecule has 0 amide bonds. The number of nitrogens with zero attached hydrogens (tertiary/aromatic N) is 2. The highest BCUT2D eigenvalue weighted by molar-refractivity contribution is 8.28. The zero-order valence-corrected chi connectivity index (χ0v) is 42.9. The van der Waals surface area contributed by atoms with E-state index in [1.54, 1.807) is 0 Å². The Balaban J connectivity index is -0.000000164. The van der Waals surface area contributed by atoms with Gasteiger partial charge in [0.25, 0.3) is 0 Å². The van der Waals surface area contributed by atoms with E-state index < -0.39 is 20.6 Å². The Hall–Kier alpha value is -3.36. The fourth-order valence-electron chi connectivity index (χ4n) is 6.05. The second kappa shape index (κ2) is 54.2. The van der Waals surface area contributed by atoms with E-state index >= 15 is 0 Å². The number of benzene rings is 4. The molecule has 0 heterocycles. The smallest absolute Gasteiger partial charge is 0.166 e. The molecule has 0 spiro atoms. The second-order valence-corrected chi connectivity index (χ2v) is 24.4. The van der Waals surface area contributed by atoms with Crippen molar-refractivity contribution in [3.63, 3.8) is 0 Å². The molecule has 4 rings (SSSR count). The number of hydrogen-bond donors (Lipinski definition) is 0. The van der Waals surface area contributed by atoms with E-state index in [0.717, 1.165) is 0 Å². The third kappa shape index (κ3) is 55.0. The van der Waals surface area contributed by atoms with Crippen LogP contribution in [0.25, 0.3) is 21.9 Å². The molecule has 0 saturated heterocycles. The lowest BCUT2D eigenvalue weighted by atomic mass is 10.1. The van der Waals surface area contributed by atoms with Crippen molar-refractivity contribution in [1.82, 2.24) is 0 Å². The van der Waals surface area contributed by atoms with Crippen molar-refractivity contribution in [2.24, 2.45) is 10.7 Å². The molecule has 0 N–H and O–H groups in total. The van der Waals surface area contributed by atoms with E-state index in [2.05, 4.69) is 144 Å². The van der Waals surface area contributed by atoms with Gasteiger partial charge in [0, 0.05) is 0 Å². The van der Waals surface area contributed by atoms with Crippen LogP contribution in [-0.2, 0) is 8.57 Å². The minimum absolute atomic E-state index is 0. The molecular formula is C58H108N2O4S2. The lowest BCUT2D eigenvalue weighted by Crippen LogP contribution is -1.90. The molecule has 0 saturated carbocycles. The van der Waals surface area contributed by atoms with Crippen LogP contribution in [0.15, 0.2) is 120 Å². The lowest BCUT2D eigenvalue weighted by Gasteiger charge is -2.17. The number of rotatable bonds is 25. The number of fused-ring (bicyclic) bond motifs is 1. The summed E-state index contributed by atoms with van der Waals surface area (Å²) >= 11 is 0. The van der Waals surface area contributed by atoms with Crippen LogP contribution in [0.5, 0.6) is 0 Å². The summed E-state index contributed by atoms with van der Waals surface area (Å²) in [4.78, 5) is 18.7. The molecule has 0 aromatic heterocycles. The Labute approximate surface area is 414 Å². The maximum absolute atomic E-state index is 9.37. The van der Waals surface area contributed by atoms with Crippen LogP contribution in [0.4, 0.5) is 0 Å². The molecule has 8 heteroatoms. The molecular weight excluding hydrogens is 853 g/mol. The number of unbranched alkanes of at least 4 members (excludes halogenated alkanes) is 20. The average molecular weight is 962 g/mol. The summed E-state index contributed by atoms with van der Waals surface area (Å²) in [5, 5.41) is 7.21. The molecule has 386 valence electrons. The third-order valence-electron chi connectivity index (χ3n) is 9.46. The molecule has 0 radical (unpaired) electrons. The lowest BCUT2D eigenvalue weighted by molar-refractivity contribution is 0.384. The van der Waals surface area contributed by atoms with Gasteiger partial charge in [0.2, 0.25) is 0 Å². The summed E-state index contributed by atoms with van der Waals surface area (Å²) < 4.78 is 8.76. The van der Waals surface area contributed by atoms with Gasteiger partial charge < -0.3 is 8.57 Å². The largest absolute Gasteiger partial charge is 0.313 e. The van der Waals surface area contributed by atoms with Crippen molar-refractivity contribution in [2.75, 3.05) is 37.5 Å². The normalized spacial score (nSPS) is 10.2. The van der Waals surface area contributed by atoms with Crippen LogP contribution in [0.2, 0.25) is 0 Å². The Morgan fingerprint density at radius 2 is 0.500 bits per heavy atom. The standard InChI is InChI=1S/2C13H28.C12H10.C10H8.2C3H9NO2S.4CH4/c2*1-3-5-7-9-11-13-12-10-8-6-4-2;1-3-7-11(8-4-1)12-9-5-2-6-10-12;1-2-6-10-8-4-3-7-9(10)5-1;2*1-7(2,3)6-4-5;;;;/h2*3-13H2,1-2H3;1-10H;1-8H;2*1-3H3;4*1H4. The van der Waals surface area contributed by atoms with Crippen molar-refractivity contribution >= 4 is 31.4 Å². The van der Waals surface area contributed by atoms with Gasteiger partial charge in [-0.3, -0.25) is 0 Å². The molecule has 0 aliphatic carbocycles. The topological polar surface area (TPSA) is 77.3 Å². The first-order valence-electron chi connectivity index (χ1n) is 23.8. The van der Waals surface area contributed by atoms with Crippen LogP contribution < -0.4 is 0 Å². The fourth-order valence-corrected chi connectivity index (χ4v) is 6.42. The molecule has 0 fully saturated rings. The Bertz CT molecular complexity index is 1350. The van der Waals surface area contributed by atoms with Gasteiger partial charge in [-0.2, -0.15) is 0 Å². The van der Waals surface area contributed by atoms with Crippen LogP contribution in [0.3, 0.4) is 0 Å². The Morgan fingerprint density at radius 1 is 0.318 bits per heavy atom. The zero-order chi connectivity index (χ0) is 46.4. The highest BCUT2D eigenvalue weighted by atomic mass is 32.3. The van der Waals surface area contributed by atoms with Crippen LogP contribution in [0, 0.1) is 9.81 Å². The molecule has 0 bridgehead atoms. The van der Waals surface area contributed by atoms with Gasteiger partial charge in [-0.25, -0.2) is 0 Å². The fraction of sp³-hybridized carbons (Fsp3) is 0.621. The summed E-state index contributed by atoms with van der Waals surface area (Å²) in [5.74, 6) is 0. The van der Waals surface area contributed by atoms with Crippen molar-refractivity contribution in [3.8, 4) is 11.1 Å². The molecule has 0 unspecified atom stereocenters. The summed E-state index contributed by atoms with van der Waals surface area (Å²) in [6, 6.07) is 37.5.